The second kappa shape index (κ2) is 24.1. The molecule has 0 aliphatic carbocycles. The SMILES string of the molecule is CCCCCCCCCCCCCCCCCCOC[C@H](COP(=O)(O)OC[C@H]1O[C@@](C)(C2CC=C3C(N)=NC=NN32)[C@H](O)[C@@H]1O)Oc1ccc(C#N)c(OC)c1. The highest BCUT2D eigenvalue weighted by Crippen LogP contribution is 2.46. The number of nitrogens with two attached hydrogens (primary N) is 1. The van der Waals surface area contributed by atoms with Crippen LogP contribution < -0.4 is 15.2 Å². The molecule has 4 rings (SSSR count). The number of phosphoric ester groups is 1. The van der Waals surface area contributed by atoms with Crippen molar-refractivity contribution in [1.29, 1.82) is 5.26 Å². The lowest BCUT2D eigenvalue weighted by atomic mass is 9.87. The van der Waals surface area contributed by atoms with E-state index in [-0.39, 0.29) is 19.0 Å². The van der Waals surface area contributed by atoms with Gasteiger partial charge >= 0.3 is 7.82 Å². The van der Waals surface area contributed by atoms with E-state index in [2.05, 4.69) is 23.1 Å². The molecule has 0 aromatic heterocycles. The molecule has 320 valence electrons. The Morgan fingerprint density at radius 1 is 1.00 bits per heavy atom. The van der Waals surface area contributed by atoms with Gasteiger partial charge in [-0.1, -0.05) is 109 Å². The predicted molar refractivity (Wildman–Crippen MR) is 218 cm³/mol. The van der Waals surface area contributed by atoms with Crippen LogP contribution in [0.3, 0.4) is 0 Å². The number of aliphatic hydroxyl groups is 2. The lowest BCUT2D eigenvalue weighted by molar-refractivity contribution is -0.117. The molecule has 1 fully saturated rings. The van der Waals surface area contributed by atoms with Gasteiger partial charge in [-0.05, 0) is 31.9 Å². The molecule has 0 amide bonds. The number of unbranched alkanes of at least 4 members (excludes halogenated alkanes) is 15. The molecule has 15 nitrogen and oxygen atoms in total. The van der Waals surface area contributed by atoms with Gasteiger partial charge in [-0.15, -0.1) is 0 Å². The summed E-state index contributed by atoms with van der Waals surface area (Å²) in [6.45, 7) is 3.51. The molecule has 0 spiro atoms. The fraction of sp³-hybridized carbons (Fsp3) is 0.732. The van der Waals surface area contributed by atoms with Crippen LogP contribution >= 0.6 is 7.82 Å². The normalized spacial score (nSPS) is 24.4. The number of nitriles is 1. The maximum absolute atomic E-state index is 13.1. The Bertz CT molecular complexity index is 1560. The molecule has 7 atom stereocenters. The lowest BCUT2D eigenvalue weighted by Crippen LogP contribution is -2.55. The molecular formula is C41H66N5O10P. The standard InChI is InChI=1S/C41H66N5O10P/c1-4-5-6-7-8-9-10-11-12-13-14-15-16-17-18-19-24-52-27-33(55-32-21-20-31(26-42)35(25-32)51-3)28-53-57(49,50)54-29-36-38(47)39(48)41(2,56-36)37-23-22-34-40(43)44-30-45-46(34)37/h20-22,25,30,33,36-39,47-48H,4-19,23-24,27-29H2,1-3H3,(H,49,50)(H2,43,44,45)/t33-,36-,37?,38-,39-,41+/m1/s1. The van der Waals surface area contributed by atoms with Crippen molar-refractivity contribution >= 4 is 20.0 Å². The molecule has 2 unspecified atom stereocenters. The van der Waals surface area contributed by atoms with Gasteiger partial charge in [0.25, 0.3) is 0 Å². The number of hydrogen-bond acceptors (Lipinski definition) is 14. The van der Waals surface area contributed by atoms with Gasteiger partial charge in [-0.2, -0.15) is 10.4 Å². The van der Waals surface area contributed by atoms with Crippen LogP contribution in [0.4, 0.5) is 0 Å². The molecule has 0 saturated carbocycles. The van der Waals surface area contributed by atoms with Crippen LogP contribution in [0, 0.1) is 11.3 Å². The molecule has 1 aromatic rings. The summed E-state index contributed by atoms with van der Waals surface area (Å²) in [6, 6.07) is 6.24. The first kappa shape index (κ1) is 46.6. The summed E-state index contributed by atoms with van der Waals surface area (Å²) in [7, 11) is -3.26. The van der Waals surface area contributed by atoms with Crippen molar-refractivity contribution in [3.63, 3.8) is 0 Å². The van der Waals surface area contributed by atoms with Crippen LogP contribution in [0.5, 0.6) is 11.5 Å². The molecule has 3 aliphatic heterocycles. The van der Waals surface area contributed by atoms with Gasteiger partial charge in [-0.25, -0.2) is 9.56 Å². The maximum Gasteiger partial charge on any atom is 0.472 e. The zero-order valence-electron chi connectivity index (χ0n) is 34.1. The third-order valence-electron chi connectivity index (χ3n) is 10.9. The van der Waals surface area contributed by atoms with Crippen molar-refractivity contribution in [3.05, 3.63) is 35.5 Å². The van der Waals surface area contributed by atoms with Crippen molar-refractivity contribution in [1.82, 2.24) is 5.01 Å². The minimum Gasteiger partial charge on any atom is -0.495 e. The van der Waals surface area contributed by atoms with Crippen LogP contribution in [0.25, 0.3) is 0 Å². The van der Waals surface area contributed by atoms with Gasteiger partial charge in [-0.3, -0.25) is 14.1 Å². The van der Waals surface area contributed by atoms with Crippen LogP contribution in [0.15, 0.2) is 40.1 Å². The number of rotatable bonds is 29. The minimum absolute atomic E-state index is 0.0572. The van der Waals surface area contributed by atoms with Gasteiger partial charge in [0.2, 0.25) is 0 Å². The van der Waals surface area contributed by atoms with Gasteiger partial charge in [0.1, 0.15) is 53.9 Å². The Kier molecular flexibility index (Phi) is 19.7. The molecule has 16 heteroatoms. The van der Waals surface area contributed by atoms with Gasteiger partial charge in [0.15, 0.2) is 5.84 Å². The Balaban J connectivity index is 1.18. The summed E-state index contributed by atoms with van der Waals surface area (Å²) in [5.41, 5.74) is 5.56. The van der Waals surface area contributed by atoms with E-state index < -0.39 is 50.5 Å². The number of benzene rings is 1. The first-order valence-electron chi connectivity index (χ1n) is 20.9. The highest BCUT2D eigenvalue weighted by molar-refractivity contribution is 7.47. The number of phosphoric acid groups is 1. The highest BCUT2D eigenvalue weighted by atomic mass is 31.2. The number of hydrogen-bond donors (Lipinski definition) is 4. The number of methoxy groups -OCH3 is 1. The number of ether oxygens (including phenoxy) is 4. The van der Waals surface area contributed by atoms with Crippen molar-refractivity contribution in [2.24, 2.45) is 15.8 Å². The summed E-state index contributed by atoms with van der Waals surface area (Å²) in [5.74, 6) is 0.941. The van der Waals surface area contributed by atoms with Crippen molar-refractivity contribution in [2.75, 3.05) is 33.5 Å². The fourth-order valence-corrected chi connectivity index (χ4v) is 8.31. The van der Waals surface area contributed by atoms with Gasteiger partial charge in [0, 0.05) is 12.7 Å². The number of fused-ring (bicyclic) bond motifs is 1. The van der Waals surface area contributed by atoms with Gasteiger partial charge < -0.3 is 39.8 Å². The molecule has 57 heavy (non-hydrogen) atoms. The number of nitrogens with zero attached hydrogens (tertiary/aromatic N) is 4. The first-order chi connectivity index (χ1) is 27.5. The van der Waals surface area contributed by atoms with Gasteiger partial charge in [0.05, 0.1) is 44.2 Å². The van der Waals surface area contributed by atoms with E-state index in [4.69, 9.17) is 33.7 Å². The monoisotopic (exact) mass is 819 g/mol. The molecular weight excluding hydrogens is 753 g/mol. The van der Waals surface area contributed by atoms with Crippen LogP contribution in [0.2, 0.25) is 0 Å². The molecule has 1 aromatic carbocycles. The Morgan fingerprint density at radius 3 is 2.25 bits per heavy atom. The van der Waals surface area contributed by atoms with E-state index in [0.717, 1.165) is 19.3 Å². The zero-order valence-corrected chi connectivity index (χ0v) is 35.0. The number of hydrazone groups is 1. The molecule has 1 saturated heterocycles. The summed E-state index contributed by atoms with van der Waals surface area (Å²) < 4.78 is 47.1. The van der Waals surface area contributed by atoms with Crippen molar-refractivity contribution < 1.29 is 47.7 Å². The minimum atomic E-state index is -4.71. The zero-order chi connectivity index (χ0) is 41.1. The second-order valence-corrected chi connectivity index (χ2v) is 16.8. The summed E-state index contributed by atoms with van der Waals surface area (Å²) >= 11 is 0. The topological polar surface area (TPSA) is 211 Å². The molecule has 5 N–H and O–H groups in total. The van der Waals surface area contributed by atoms with E-state index in [1.807, 2.05) is 6.08 Å². The summed E-state index contributed by atoms with van der Waals surface area (Å²) in [5, 5.41) is 37.2. The molecule has 3 heterocycles. The third kappa shape index (κ3) is 14.3. The molecule has 3 aliphatic rings. The number of aliphatic hydroxyl groups excluding tert-OH is 2. The Morgan fingerprint density at radius 2 is 1.63 bits per heavy atom. The van der Waals surface area contributed by atoms with E-state index >= 15 is 0 Å². The smallest absolute Gasteiger partial charge is 0.472 e. The first-order valence-corrected chi connectivity index (χ1v) is 22.4. The number of aliphatic imine (C=N–C) groups is 1. The van der Waals surface area contributed by atoms with Crippen LogP contribution in [-0.4, -0.2) is 102 Å². The second-order valence-electron chi connectivity index (χ2n) is 15.4. The van der Waals surface area contributed by atoms with Crippen LogP contribution in [-0.2, 0) is 23.1 Å². The number of amidine groups is 1. The van der Waals surface area contributed by atoms with E-state index in [9.17, 15) is 24.9 Å². The largest absolute Gasteiger partial charge is 0.495 e. The lowest BCUT2D eigenvalue weighted by Gasteiger charge is -2.39. The fourth-order valence-electron chi connectivity index (χ4n) is 7.55. The molecule has 0 radical (unpaired) electrons. The van der Waals surface area contributed by atoms with Crippen LogP contribution in [0.1, 0.15) is 129 Å². The Hall–Kier alpha value is -3.06. The molecule has 0 bridgehead atoms. The highest BCUT2D eigenvalue weighted by Gasteiger charge is 2.58. The van der Waals surface area contributed by atoms with Crippen molar-refractivity contribution in [3.8, 4) is 17.6 Å². The Labute approximate surface area is 338 Å². The van der Waals surface area contributed by atoms with E-state index in [0.29, 0.717) is 35.8 Å². The average molecular weight is 820 g/mol. The van der Waals surface area contributed by atoms with E-state index in [1.165, 1.54) is 96.9 Å². The quantitative estimate of drug-likeness (QED) is 0.0481. The summed E-state index contributed by atoms with van der Waals surface area (Å²) in [6.07, 6.45) is 19.2. The predicted octanol–water partition coefficient (Wildman–Crippen LogP) is 6.88. The van der Waals surface area contributed by atoms with Crippen molar-refractivity contribution in [2.45, 2.75) is 159 Å². The summed E-state index contributed by atoms with van der Waals surface area (Å²) in [4.78, 5) is 14.6. The third-order valence-corrected chi connectivity index (χ3v) is 11.9. The maximum atomic E-state index is 13.1. The average Bonchev–Trinajstić information content (AvgIpc) is 3.75. The van der Waals surface area contributed by atoms with E-state index in [1.54, 1.807) is 30.1 Å².